The molecule has 3 rings (SSSR count). The summed E-state index contributed by atoms with van der Waals surface area (Å²) in [7, 11) is 3.14. The third-order valence-electron chi connectivity index (χ3n) is 4.49. The van der Waals surface area contributed by atoms with Crippen molar-refractivity contribution >= 4 is 11.4 Å². The average molecular weight is 366 g/mol. The summed E-state index contributed by atoms with van der Waals surface area (Å²) in [6, 6.07) is 15.2. The minimum atomic E-state index is -0.502. The van der Waals surface area contributed by atoms with E-state index in [0.717, 1.165) is 11.1 Å². The number of hydrogen-bond acceptors (Lipinski definition) is 6. The molecule has 140 valence electrons. The van der Waals surface area contributed by atoms with E-state index in [1.165, 1.54) is 0 Å². The monoisotopic (exact) mass is 366 g/mol. The second-order valence-electron chi connectivity index (χ2n) is 6.23. The Morgan fingerprint density at radius 1 is 0.889 bits per heavy atom. The fourth-order valence-corrected chi connectivity index (χ4v) is 2.92. The highest BCUT2D eigenvalue weighted by molar-refractivity contribution is 5.74. The van der Waals surface area contributed by atoms with Crippen LogP contribution in [0.25, 0.3) is 0 Å². The van der Waals surface area contributed by atoms with Gasteiger partial charge >= 0.3 is 0 Å². The largest absolute Gasteiger partial charge is 0.493 e. The second-order valence-corrected chi connectivity index (χ2v) is 6.23. The van der Waals surface area contributed by atoms with Crippen LogP contribution in [0.3, 0.4) is 0 Å². The first kappa shape index (κ1) is 18.5. The van der Waals surface area contributed by atoms with Crippen molar-refractivity contribution in [2.75, 3.05) is 24.9 Å². The van der Waals surface area contributed by atoms with Gasteiger partial charge in [0.05, 0.1) is 14.2 Å². The zero-order valence-electron chi connectivity index (χ0n) is 15.5. The van der Waals surface area contributed by atoms with Crippen molar-refractivity contribution in [2.24, 2.45) is 0 Å². The maximum atomic E-state index is 12.0. The van der Waals surface area contributed by atoms with Gasteiger partial charge in [0.15, 0.2) is 11.5 Å². The molecule has 0 saturated carbocycles. The van der Waals surface area contributed by atoms with Gasteiger partial charge in [-0.3, -0.25) is 9.59 Å². The molecular weight excluding hydrogens is 344 g/mol. The average Bonchev–Trinajstić information content (AvgIpc) is 2.72. The highest BCUT2D eigenvalue weighted by Gasteiger charge is 2.22. The van der Waals surface area contributed by atoms with Gasteiger partial charge in [-0.25, -0.2) is 0 Å². The lowest BCUT2D eigenvalue weighted by molar-refractivity contribution is 0.354. The van der Waals surface area contributed by atoms with Crippen LogP contribution in [0.15, 0.2) is 58.1 Å². The first-order valence-corrected chi connectivity index (χ1v) is 8.64. The molecule has 0 radical (unpaired) electrons. The van der Waals surface area contributed by atoms with Crippen molar-refractivity contribution in [1.82, 2.24) is 0 Å². The number of ether oxygens (including phenoxy) is 2. The van der Waals surface area contributed by atoms with E-state index in [1.807, 2.05) is 49.4 Å². The van der Waals surface area contributed by atoms with Gasteiger partial charge in [0.2, 0.25) is 0 Å². The quantitative estimate of drug-likeness (QED) is 0.597. The summed E-state index contributed by atoms with van der Waals surface area (Å²) in [5.41, 5.74) is 1.60. The van der Waals surface area contributed by atoms with Crippen molar-refractivity contribution in [3.8, 4) is 11.5 Å². The Hall–Kier alpha value is -3.28. The zero-order valence-corrected chi connectivity index (χ0v) is 15.5. The molecular formula is C21H22N2O4. The van der Waals surface area contributed by atoms with Crippen molar-refractivity contribution in [2.45, 2.75) is 19.5 Å². The predicted octanol–water partition coefficient (Wildman–Crippen LogP) is 3.09. The molecule has 0 spiro atoms. The third-order valence-corrected chi connectivity index (χ3v) is 4.49. The highest BCUT2D eigenvalue weighted by atomic mass is 16.5. The van der Waals surface area contributed by atoms with Crippen LogP contribution < -0.4 is 31.0 Å². The molecule has 3 aromatic carbocycles. The fraction of sp³-hybridized carbons (Fsp3) is 0.238. The van der Waals surface area contributed by atoms with Crippen LogP contribution in [0.1, 0.15) is 24.1 Å². The second kappa shape index (κ2) is 7.95. The number of anilines is 2. The van der Waals surface area contributed by atoms with E-state index in [2.05, 4.69) is 10.6 Å². The van der Waals surface area contributed by atoms with E-state index in [4.69, 9.17) is 9.47 Å². The molecule has 0 fully saturated rings. The standard InChI is InChI=1S/C21H22N2O4/c1-13(15-7-5-4-6-8-15)23-19-18(20(24)21(19)25)22-12-14-9-10-16(26-2)17(11-14)27-3/h4-11,13,22-23H,12H2,1-3H3/t13-/m0/s1. The Morgan fingerprint density at radius 2 is 1.56 bits per heavy atom. The molecule has 3 aromatic rings. The van der Waals surface area contributed by atoms with E-state index < -0.39 is 10.9 Å². The molecule has 0 aliphatic heterocycles. The molecule has 0 bridgehead atoms. The summed E-state index contributed by atoms with van der Waals surface area (Å²) >= 11 is 0. The zero-order chi connectivity index (χ0) is 19.4. The number of rotatable bonds is 8. The molecule has 27 heavy (non-hydrogen) atoms. The Kier molecular flexibility index (Phi) is 5.45. The van der Waals surface area contributed by atoms with Crippen molar-refractivity contribution in [1.29, 1.82) is 0 Å². The number of benzene rings is 2. The molecule has 0 aliphatic carbocycles. The van der Waals surface area contributed by atoms with E-state index in [9.17, 15) is 9.59 Å². The number of methoxy groups -OCH3 is 2. The summed E-state index contributed by atoms with van der Waals surface area (Å²) < 4.78 is 10.5. The summed E-state index contributed by atoms with van der Waals surface area (Å²) in [4.78, 5) is 24.0. The minimum absolute atomic E-state index is 0.0869. The van der Waals surface area contributed by atoms with Crippen LogP contribution in [-0.4, -0.2) is 14.2 Å². The third kappa shape index (κ3) is 3.79. The molecule has 6 heteroatoms. The Balaban J connectivity index is 1.73. The summed E-state index contributed by atoms with van der Waals surface area (Å²) in [6.07, 6.45) is 0. The van der Waals surface area contributed by atoms with Crippen LogP contribution in [0, 0.1) is 0 Å². The Labute approximate surface area is 157 Å². The normalized spacial score (nSPS) is 11.8. The Morgan fingerprint density at radius 3 is 2.22 bits per heavy atom. The molecule has 0 unspecified atom stereocenters. The van der Waals surface area contributed by atoms with Gasteiger partial charge in [-0.15, -0.1) is 0 Å². The molecule has 6 nitrogen and oxygen atoms in total. The van der Waals surface area contributed by atoms with Gasteiger partial charge in [-0.1, -0.05) is 36.4 Å². The molecule has 2 N–H and O–H groups in total. The van der Waals surface area contributed by atoms with E-state index >= 15 is 0 Å². The van der Waals surface area contributed by atoms with Gasteiger partial charge in [0, 0.05) is 12.6 Å². The summed E-state index contributed by atoms with van der Waals surface area (Å²) in [5.74, 6) is 1.24. The lowest BCUT2D eigenvalue weighted by Gasteiger charge is -2.20. The first-order chi connectivity index (χ1) is 13.0. The van der Waals surface area contributed by atoms with Crippen LogP contribution in [-0.2, 0) is 6.54 Å². The number of hydrogen-bond donors (Lipinski definition) is 2. The van der Waals surface area contributed by atoms with Gasteiger partial charge in [0.25, 0.3) is 10.9 Å². The summed E-state index contributed by atoms with van der Waals surface area (Å²) in [5, 5.41) is 6.20. The number of nitrogens with one attached hydrogen (secondary N) is 2. The lowest BCUT2D eigenvalue weighted by Crippen LogP contribution is -2.37. The van der Waals surface area contributed by atoms with E-state index in [0.29, 0.717) is 29.4 Å². The molecule has 1 atom stereocenters. The van der Waals surface area contributed by atoms with Crippen molar-refractivity contribution in [3.05, 3.63) is 80.1 Å². The van der Waals surface area contributed by atoms with E-state index in [-0.39, 0.29) is 6.04 Å². The van der Waals surface area contributed by atoms with Crippen molar-refractivity contribution < 1.29 is 9.47 Å². The fourth-order valence-electron chi connectivity index (χ4n) is 2.92. The van der Waals surface area contributed by atoms with Crippen LogP contribution in [0.2, 0.25) is 0 Å². The van der Waals surface area contributed by atoms with Gasteiger partial charge in [-0.05, 0) is 30.2 Å². The molecule has 0 amide bonds. The van der Waals surface area contributed by atoms with Crippen molar-refractivity contribution in [3.63, 3.8) is 0 Å². The van der Waals surface area contributed by atoms with Crippen LogP contribution in [0.5, 0.6) is 11.5 Å². The smallest absolute Gasteiger partial charge is 0.253 e. The van der Waals surface area contributed by atoms with Crippen LogP contribution >= 0.6 is 0 Å². The summed E-state index contributed by atoms with van der Waals surface area (Å²) in [6.45, 7) is 2.34. The van der Waals surface area contributed by atoms with Crippen LogP contribution in [0.4, 0.5) is 11.4 Å². The highest BCUT2D eigenvalue weighted by Crippen LogP contribution is 2.28. The molecule has 0 heterocycles. The molecule has 0 aromatic heterocycles. The Bertz CT molecular complexity index is 991. The topological polar surface area (TPSA) is 76.7 Å². The molecule has 0 aliphatic rings. The first-order valence-electron chi connectivity index (χ1n) is 8.64. The van der Waals surface area contributed by atoms with E-state index in [1.54, 1.807) is 20.3 Å². The SMILES string of the molecule is COc1ccc(CNc2c(N[C@@H](C)c3ccccc3)c(=O)c2=O)cc1OC. The van der Waals surface area contributed by atoms with Gasteiger partial charge in [0.1, 0.15) is 11.4 Å². The van der Waals surface area contributed by atoms with Gasteiger partial charge in [-0.2, -0.15) is 0 Å². The molecule has 0 saturated heterocycles. The maximum Gasteiger partial charge on any atom is 0.253 e. The van der Waals surface area contributed by atoms with Gasteiger partial charge < -0.3 is 20.1 Å². The minimum Gasteiger partial charge on any atom is -0.493 e. The predicted molar refractivity (Wildman–Crippen MR) is 107 cm³/mol. The lowest BCUT2D eigenvalue weighted by atomic mass is 10.1. The maximum absolute atomic E-state index is 12.0.